The van der Waals surface area contributed by atoms with E-state index in [0.29, 0.717) is 5.88 Å². The zero-order chi connectivity index (χ0) is 14.3. The zero-order valence-corrected chi connectivity index (χ0v) is 12.4. The summed E-state index contributed by atoms with van der Waals surface area (Å²) in [7, 11) is 1.89. The van der Waals surface area contributed by atoms with Gasteiger partial charge in [-0.3, -0.25) is 14.0 Å². The number of carbonyl (C=O) groups excluding carboxylic acids is 1. The van der Waals surface area contributed by atoms with Gasteiger partial charge < -0.3 is 5.32 Å². The van der Waals surface area contributed by atoms with Crippen LogP contribution >= 0.6 is 11.6 Å². The fraction of sp³-hybridized carbons (Fsp3) is 0.615. The number of carbonyl (C=O) groups is 1. The lowest BCUT2D eigenvalue weighted by Gasteiger charge is -2.24. The Balaban J connectivity index is 2.21. The molecular weight excluding hydrogens is 278 g/mol. The van der Waals surface area contributed by atoms with Gasteiger partial charge in [-0.2, -0.15) is 5.10 Å². The Hall–Kier alpha value is -1.56. The van der Waals surface area contributed by atoms with Crippen LogP contribution in [0.25, 0.3) is 11.2 Å². The first-order chi connectivity index (χ1) is 9.67. The van der Waals surface area contributed by atoms with Gasteiger partial charge in [0.15, 0.2) is 5.65 Å². The number of aromatic nitrogens is 4. The molecular formula is C13H18ClN5O. The molecule has 0 bridgehead atoms. The number of nitrogens with one attached hydrogen (secondary N) is 1. The molecule has 108 valence electrons. The summed E-state index contributed by atoms with van der Waals surface area (Å²) in [5.74, 6) is 1.08. The Kier molecular flexibility index (Phi) is 3.41. The number of nitrogens with zero attached hydrogens (tertiary/aromatic N) is 4. The average Bonchev–Trinajstić information content (AvgIpc) is 2.97. The summed E-state index contributed by atoms with van der Waals surface area (Å²) >= 11 is 6.03. The van der Waals surface area contributed by atoms with Gasteiger partial charge in [0, 0.05) is 13.6 Å². The minimum absolute atomic E-state index is 0.0427. The molecule has 0 radical (unpaired) electrons. The summed E-state index contributed by atoms with van der Waals surface area (Å²) in [6.45, 7) is 2.80. The SMILES string of the molecule is CCc1nn(C)c2c1nc(CCl)n2C1CCCNC1=O. The maximum atomic E-state index is 12.2. The summed E-state index contributed by atoms with van der Waals surface area (Å²) in [4.78, 5) is 16.8. The van der Waals surface area contributed by atoms with Crippen molar-refractivity contribution in [3.05, 3.63) is 11.5 Å². The first-order valence-electron chi connectivity index (χ1n) is 6.93. The second-order valence-corrected chi connectivity index (χ2v) is 5.34. The highest BCUT2D eigenvalue weighted by atomic mass is 35.5. The summed E-state index contributed by atoms with van der Waals surface area (Å²) in [6, 6.07) is -0.234. The average molecular weight is 296 g/mol. The quantitative estimate of drug-likeness (QED) is 0.873. The molecule has 6 nitrogen and oxygen atoms in total. The topological polar surface area (TPSA) is 64.7 Å². The fourth-order valence-corrected chi connectivity index (χ4v) is 3.10. The van der Waals surface area contributed by atoms with Gasteiger partial charge >= 0.3 is 0 Å². The normalized spacial score (nSPS) is 19.6. The van der Waals surface area contributed by atoms with Gasteiger partial charge in [-0.15, -0.1) is 11.6 Å². The van der Waals surface area contributed by atoms with Gasteiger partial charge in [0.1, 0.15) is 17.4 Å². The molecule has 3 rings (SSSR count). The smallest absolute Gasteiger partial charge is 0.243 e. The fourth-order valence-electron chi connectivity index (χ4n) is 2.91. The highest BCUT2D eigenvalue weighted by Crippen LogP contribution is 2.28. The Labute approximate surface area is 122 Å². The highest BCUT2D eigenvalue weighted by Gasteiger charge is 2.29. The van der Waals surface area contributed by atoms with Crippen LogP contribution in [0.4, 0.5) is 0 Å². The molecule has 1 saturated heterocycles. The molecule has 20 heavy (non-hydrogen) atoms. The number of halogens is 1. The van der Waals surface area contributed by atoms with Crippen molar-refractivity contribution >= 4 is 28.7 Å². The number of hydrogen-bond acceptors (Lipinski definition) is 3. The largest absolute Gasteiger partial charge is 0.354 e. The van der Waals surface area contributed by atoms with E-state index >= 15 is 0 Å². The third kappa shape index (κ3) is 1.90. The highest BCUT2D eigenvalue weighted by molar-refractivity contribution is 6.16. The molecule has 1 unspecified atom stereocenters. The van der Waals surface area contributed by atoms with E-state index in [9.17, 15) is 4.79 Å². The maximum absolute atomic E-state index is 12.2. The third-order valence-corrected chi connectivity index (χ3v) is 4.07. The third-order valence-electron chi connectivity index (χ3n) is 3.83. The lowest BCUT2D eigenvalue weighted by atomic mass is 10.1. The molecule has 2 aromatic heterocycles. The first kappa shape index (κ1) is 13.4. The second-order valence-electron chi connectivity index (χ2n) is 5.08. The van der Waals surface area contributed by atoms with E-state index < -0.39 is 0 Å². The molecule has 0 aliphatic carbocycles. The summed E-state index contributed by atoms with van der Waals surface area (Å²) in [5, 5.41) is 7.40. The molecule has 2 aromatic rings. The Morgan fingerprint density at radius 1 is 1.50 bits per heavy atom. The molecule has 3 heterocycles. The van der Waals surface area contributed by atoms with Crippen molar-refractivity contribution in [3.8, 4) is 0 Å². The van der Waals surface area contributed by atoms with Crippen LogP contribution < -0.4 is 5.32 Å². The van der Waals surface area contributed by atoms with Crippen LogP contribution in [0.2, 0.25) is 0 Å². The molecule has 1 aliphatic heterocycles. The van der Waals surface area contributed by atoms with E-state index in [0.717, 1.165) is 48.5 Å². The van der Waals surface area contributed by atoms with E-state index in [1.165, 1.54) is 0 Å². The number of aryl methyl sites for hydroxylation is 2. The van der Waals surface area contributed by atoms with Crippen molar-refractivity contribution < 1.29 is 4.79 Å². The van der Waals surface area contributed by atoms with Crippen LogP contribution in [0.1, 0.15) is 37.3 Å². The molecule has 1 amide bonds. The van der Waals surface area contributed by atoms with Gasteiger partial charge in [0.05, 0.1) is 11.6 Å². The molecule has 1 aliphatic rings. The predicted molar refractivity (Wildman–Crippen MR) is 76.7 cm³/mol. The van der Waals surface area contributed by atoms with Gasteiger partial charge in [-0.25, -0.2) is 4.98 Å². The second kappa shape index (κ2) is 5.09. The maximum Gasteiger partial charge on any atom is 0.243 e. The van der Waals surface area contributed by atoms with Crippen molar-refractivity contribution in [1.29, 1.82) is 0 Å². The van der Waals surface area contributed by atoms with Gasteiger partial charge in [0.2, 0.25) is 5.91 Å². The lowest BCUT2D eigenvalue weighted by Crippen LogP contribution is -2.38. The molecule has 7 heteroatoms. The van der Waals surface area contributed by atoms with Gasteiger partial charge in [-0.05, 0) is 19.3 Å². The minimum atomic E-state index is -0.234. The number of imidazole rings is 1. The number of fused-ring (bicyclic) bond motifs is 1. The van der Waals surface area contributed by atoms with E-state index in [2.05, 4.69) is 22.3 Å². The van der Waals surface area contributed by atoms with Crippen molar-refractivity contribution in [3.63, 3.8) is 0 Å². The molecule has 1 atom stereocenters. The van der Waals surface area contributed by atoms with Crippen LogP contribution in [0.3, 0.4) is 0 Å². The number of alkyl halides is 1. The van der Waals surface area contributed by atoms with Crippen LogP contribution in [0.15, 0.2) is 0 Å². The first-order valence-corrected chi connectivity index (χ1v) is 7.47. The predicted octanol–water partition coefficient (Wildman–Crippen LogP) is 1.52. The number of hydrogen-bond donors (Lipinski definition) is 1. The molecule has 0 spiro atoms. The van der Waals surface area contributed by atoms with Crippen LogP contribution in [-0.4, -0.2) is 31.8 Å². The van der Waals surface area contributed by atoms with Gasteiger partial charge in [0.25, 0.3) is 0 Å². The number of piperidine rings is 1. The van der Waals surface area contributed by atoms with E-state index in [1.54, 1.807) is 4.68 Å². The van der Waals surface area contributed by atoms with Crippen LogP contribution in [0.5, 0.6) is 0 Å². The number of amides is 1. The van der Waals surface area contributed by atoms with E-state index in [4.69, 9.17) is 11.6 Å². The Bertz CT molecular complexity index is 659. The monoisotopic (exact) mass is 295 g/mol. The minimum Gasteiger partial charge on any atom is -0.354 e. The van der Waals surface area contributed by atoms with Crippen molar-refractivity contribution in [2.75, 3.05) is 6.54 Å². The van der Waals surface area contributed by atoms with Gasteiger partial charge in [-0.1, -0.05) is 6.92 Å². The Morgan fingerprint density at radius 3 is 2.95 bits per heavy atom. The van der Waals surface area contributed by atoms with E-state index in [1.807, 2.05) is 11.6 Å². The standard InChI is InChI=1S/C13H18ClN5O/c1-3-8-11-13(18(2)17-8)19(10(7-14)16-11)9-5-4-6-15-12(9)20/h9H,3-7H2,1-2H3,(H,15,20). The summed E-state index contributed by atoms with van der Waals surface area (Å²) < 4.78 is 3.77. The van der Waals surface area contributed by atoms with Crippen LogP contribution in [0, 0.1) is 0 Å². The summed E-state index contributed by atoms with van der Waals surface area (Å²) in [5.41, 5.74) is 2.70. The van der Waals surface area contributed by atoms with Crippen LogP contribution in [-0.2, 0) is 24.1 Å². The van der Waals surface area contributed by atoms with Crippen molar-refractivity contribution in [1.82, 2.24) is 24.6 Å². The van der Waals surface area contributed by atoms with Crippen molar-refractivity contribution in [2.45, 2.75) is 38.1 Å². The summed E-state index contributed by atoms with van der Waals surface area (Å²) in [6.07, 6.45) is 2.59. The Morgan fingerprint density at radius 2 is 2.30 bits per heavy atom. The molecule has 0 saturated carbocycles. The molecule has 1 fully saturated rings. The van der Waals surface area contributed by atoms with Crippen molar-refractivity contribution in [2.24, 2.45) is 7.05 Å². The number of rotatable bonds is 3. The molecule has 1 N–H and O–H groups in total. The molecule has 0 aromatic carbocycles. The lowest BCUT2D eigenvalue weighted by molar-refractivity contribution is -0.125. The van der Waals surface area contributed by atoms with E-state index in [-0.39, 0.29) is 11.9 Å². The zero-order valence-electron chi connectivity index (χ0n) is 11.7.